The number of hydrogen-bond donors (Lipinski definition) is 1. The number of aromatic nitrogens is 2. The molecule has 2 N–H and O–H groups in total. The molecule has 0 radical (unpaired) electrons. The van der Waals surface area contributed by atoms with Crippen molar-refractivity contribution in [2.45, 2.75) is 16.5 Å². The number of methoxy groups -OCH3 is 1. The van der Waals surface area contributed by atoms with Crippen LogP contribution in [-0.2, 0) is 6.54 Å². The van der Waals surface area contributed by atoms with Crippen molar-refractivity contribution in [3.8, 4) is 5.75 Å². The summed E-state index contributed by atoms with van der Waals surface area (Å²) in [6.45, 7) is 0.476. The van der Waals surface area contributed by atoms with E-state index in [1.54, 1.807) is 30.2 Å². The third-order valence-electron chi connectivity index (χ3n) is 2.77. The van der Waals surface area contributed by atoms with Crippen LogP contribution in [0.1, 0.15) is 5.69 Å². The van der Waals surface area contributed by atoms with Crippen LogP contribution < -0.4 is 10.5 Å². The van der Waals surface area contributed by atoms with Crippen LogP contribution >= 0.6 is 23.1 Å². The first-order valence-corrected chi connectivity index (χ1v) is 7.48. The number of hydrogen-bond acceptors (Lipinski definition) is 5. The summed E-state index contributed by atoms with van der Waals surface area (Å²) in [5, 5.41) is 2.98. The van der Waals surface area contributed by atoms with Crippen LogP contribution in [0, 0.1) is 0 Å². The molecular weight excluding hydrogens is 278 g/mol. The lowest BCUT2D eigenvalue weighted by Gasteiger charge is -2.04. The van der Waals surface area contributed by atoms with Gasteiger partial charge in [-0.1, -0.05) is 17.8 Å². The molecule has 0 saturated carbocycles. The van der Waals surface area contributed by atoms with Crippen LogP contribution in [0.15, 0.2) is 45.8 Å². The van der Waals surface area contributed by atoms with Gasteiger partial charge in [0.1, 0.15) is 10.8 Å². The number of imidazole rings is 1. The summed E-state index contributed by atoms with van der Waals surface area (Å²) >= 11 is 3.23. The number of fused-ring (bicyclic) bond motifs is 1. The zero-order valence-corrected chi connectivity index (χ0v) is 12.0. The van der Waals surface area contributed by atoms with Gasteiger partial charge in [-0.3, -0.25) is 4.40 Å². The molecule has 0 amide bonds. The fourth-order valence-corrected chi connectivity index (χ4v) is 3.62. The second-order valence-corrected chi connectivity index (χ2v) is 5.84. The number of rotatable bonds is 4. The van der Waals surface area contributed by atoms with E-state index in [-0.39, 0.29) is 0 Å². The lowest BCUT2D eigenvalue weighted by Crippen LogP contribution is -2.00. The van der Waals surface area contributed by atoms with Crippen molar-refractivity contribution in [2.24, 2.45) is 5.73 Å². The van der Waals surface area contributed by atoms with E-state index >= 15 is 0 Å². The zero-order valence-electron chi connectivity index (χ0n) is 10.4. The number of thiazole rings is 1. The molecule has 0 atom stereocenters. The van der Waals surface area contributed by atoms with E-state index in [9.17, 15) is 0 Å². The molecule has 0 saturated heterocycles. The van der Waals surface area contributed by atoms with Crippen molar-refractivity contribution in [1.82, 2.24) is 9.38 Å². The van der Waals surface area contributed by atoms with Gasteiger partial charge in [-0.2, -0.15) is 0 Å². The van der Waals surface area contributed by atoms with E-state index in [0.29, 0.717) is 6.54 Å². The first-order chi connectivity index (χ1) is 9.31. The van der Waals surface area contributed by atoms with Crippen LogP contribution in [-0.4, -0.2) is 16.5 Å². The third kappa shape index (κ3) is 2.34. The lowest BCUT2D eigenvalue weighted by molar-refractivity contribution is 0.413. The minimum atomic E-state index is 0.476. The highest BCUT2D eigenvalue weighted by molar-refractivity contribution is 7.99. The maximum atomic E-state index is 5.84. The Hall–Kier alpha value is -1.50. The Labute approximate surface area is 119 Å². The number of nitrogens with two attached hydrogens (primary N) is 1. The van der Waals surface area contributed by atoms with Crippen molar-refractivity contribution >= 4 is 28.1 Å². The summed E-state index contributed by atoms with van der Waals surface area (Å²) in [4.78, 5) is 6.69. The average Bonchev–Trinajstić information content (AvgIpc) is 2.99. The topological polar surface area (TPSA) is 52.5 Å². The Bertz CT molecular complexity index is 705. The highest BCUT2D eigenvalue weighted by atomic mass is 32.2. The third-order valence-corrected chi connectivity index (χ3v) is 4.54. The molecule has 0 aliphatic carbocycles. The maximum Gasteiger partial charge on any atom is 0.194 e. The normalized spacial score (nSPS) is 11.1. The SMILES string of the molecule is COc1cccc(Sc2nc3sccn3c2CN)c1. The largest absolute Gasteiger partial charge is 0.497 e. The number of nitrogens with zero attached hydrogens (tertiary/aromatic N) is 2. The lowest BCUT2D eigenvalue weighted by atomic mass is 10.3. The molecule has 98 valence electrons. The van der Waals surface area contributed by atoms with E-state index in [1.165, 1.54) is 0 Å². The minimum absolute atomic E-state index is 0.476. The van der Waals surface area contributed by atoms with Crippen LogP contribution in [0.4, 0.5) is 0 Å². The molecule has 0 unspecified atom stereocenters. The first kappa shape index (κ1) is 12.5. The van der Waals surface area contributed by atoms with E-state index in [0.717, 1.165) is 26.3 Å². The summed E-state index contributed by atoms with van der Waals surface area (Å²) in [5.41, 5.74) is 6.88. The summed E-state index contributed by atoms with van der Waals surface area (Å²) < 4.78 is 7.28. The van der Waals surface area contributed by atoms with Crippen LogP contribution in [0.25, 0.3) is 4.96 Å². The maximum absolute atomic E-state index is 5.84. The highest BCUT2D eigenvalue weighted by Gasteiger charge is 2.13. The van der Waals surface area contributed by atoms with Gasteiger partial charge in [-0.15, -0.1) is 11.3 Å². The van der Waals surface area contributed by atoms with Crippen molar-refractivity contribution in [2.75, 3.05) is 7.11 Å². The molecule has 2 heterocycles. The van der Waals surface area contributed by atoms with E-state index in [1.807, 2.05) is 40.2 Å². The highest BCUT2D eigenvalue weighted by Crippen LogP contribution is 2.33. The average molecular weight is 291 g/mol. The van der Waals surface area contributed by atoms with Gasteiger partial charge < -0.3 is 10.5 Å². The molecule has 19 heavy (non-hydrogen) atoms. The fraction of sp³-hybridized carbons (Fsp3) is 0.154. The Kier molecular flexibility index (Phi) is 3.46. The molecular formula is C13H13N3OS2. The summed E-state index contributed by atoms with van der Waals surface area (Å²) in [7, 11) is 1.67. The molecule has 3 aromatic rings. The van der Waals surface area contributed by atoms with Gasteiger partial charge in [0, 0.05) is 23.0 Å². The van der Waals surface area contributed by atoms with Crippen molar-refractivity contribution in [1.29, 1.82) is 0 Å². The Morgan fingerprint density at radius 1 is 1.47 bits per heavy atom. The van der Waals surface area contributed by atoms with Crippen LogP contribution in [0.3, 0.4) is 0 Å². The minimum Gasteiger partial charge on any atom is -0.497 e. The standard InChI is InChI=1S/C13H13N3OS2/c1-17-9-3-2-4-10(7-9)19-12-11(8-14)16-5-6-18-13(16)15-12/h2-7H,8,14H2,1H3. The predicted octanol–water partition coefficient (Wildman–Crippen LogP) is 3.01. The van der Waals surface area contributed by atoms with Crippen LogP contribution in [0.2, 0.25) is 0 Å². The second-order valence-electron chi connectivity index (χ2n) is 3.90. The molecule has 0 aliphatic rings. The molecule has 0 spiro atoms. The molecule has 0 fully saturated rings. The molecule has 3 rings (SSSR count). The van der Waals surface area contributed by atoms with Crippen molar-refractivity contribution in [3.05, 3.63) is 41.5 Å². The van der Waals surface area contributed by atoms with E-state index in [2.05, 4.69) is 4.98 Å². The monoisotopic (exact) mass is 291 g/mol. The zero-order chi connectivity index (χ0) is 13.2. The van der Waals surface area contributed by atoms with Crippen molar-refractivity contribution < 1.29 is 4.74 Å². The fourth-order valence-electron chi connectivity index (χ4n) is 1.86. The molecule has 0 aliphatic heterocycles. The summed E-state index contributed by atoms with van der Waals surface area (Å²) in [6.07, 6.45) is 2.00. The number of benzene rings is 1. The van der Waals surface area contributed by atoms with Crippen LogP contribution in [0.5, 0.6) is 5.75 Å². The van der Waals surface area contributed by atoms with E-state index in [4.69, 9.17) is 10.5 Å². The van der Waals surface area contributed by atoms with Crippen molar-refractivity contribution in [3.63, 3.8) is 0 Å². The molecule has 2 aromatic heterocycles. The summed E-state index contributed by atoms with van der Waals surface area (Å²) in [5.74, 6) is 0.848. The predicted molar refractivity (Wildman–Crippen MR) is 78.1 cm³/mol. The van der Waals surface area contributed by atoms with Gasteiger partial charge in [-0.25, -0.2) is 4.98 Å². The van der Waals surface area contributed by atoms with Gasteiger partial charge in [0.2, 0.25) is 0 Å². The Morgan fingerprint density at radius 2 is 2.37 bits per heavy atom. The molecule has 4 nitrogen and oxygen atoms in total. The van der Waals surface area contributed by atoms with Gasteiger partial charge in [0.05, 0.1) is 12.8 Å². The second kappa shape index (κ2) is 5.24. The smallest absolute Gasteiger partial charge is 0.194 e. The Morgan fingerprint density at radius 3 is 3.16 bits per heavy atom. The van der Waals surface area contributed by atoms with Gasteiger partial charge >= 0.3 is 0 Å². The Balaban J connectivity index is 1.97. The van der Waals surface area contributed by atoms with Gasteiger partial charge in [-0.05, 0) is 18.2 Å². The molecule has 1 aromatic carbocycles. The molecule has 6 heteroatoms. The van der Waals surface area contributed by atoms with E-state index < -0.39 is 0 Å². The quantitative estimate of drug-likeness (QED) is 0.803. The first-order valence-electron chi connectivity index (χ1n) is 5.78. The van der Waals surface area contributed by atoms with Gasteiger partial charge in [0.25, 0.3) is 0 Å². The van der Waals surface area contributed by atoms with Gasteiger partial charge in [0.15, 0.2) is 4.96 Å². The number of ether oxygens (including phenoxy) is 1. The summed E-state index contributed by atoms with van der Waals surface area (Å²) in [6, 6.07) is 7.95. The molecule has 0 bridgehead atoms.